The molecule has 5 heteroatoms. The van der Waals surface area contributed by atoms with Crippen LogP contribution in [0.5, 0.6) is 5.75 Å². The number of carbonyl (C=O) groups is 1. The maximum atomic E-state index is 11.8. The summed E-state index contributed by atoms with van der Waals surface area (Å²) in [7, 11) is 0. The van der Waals surface area contributed by atoms with E-state index < -0.39 is 5.63 Å². The number of benzene rings is 1. The average molecular weight is 317 g/mol. The topological polar surface area (TPSA) is 69.4 Å². The number of ether oxygens (including phenoxy) is 1. The van der Waals surface area contributed by atoms with Crippen molar-refractivity contribution in [3.8, 4) is 5.75 Å². The number of rotatable bonds is 9. The first-order valence-electron chi connectivity index (χ1n) is 8.29. The average Bonchev–Trinajstić information content (AvgIpc) is 2.54. The lowest BCUT2D eigenvalue weighted by Gasteiger charge is -2.05. The fraction of sp³-hybridized carbons (Fsp3) is 0.500. The van der Waals surface area contributed by atoms with Crippen LogP contribution >= 0.6 is 0 Å². The van der Waals surface area contributed by atoms with Gasteiger partial charge in [0.15, 0.2) is 6.39 Å². The van der Waals surface area contributed by atoms with Crippen molar-refractivity contribution in [2.45, 2.75) is 58.3 Å². The van der Waals surface area contributed by atoms with Crippen molar-refractivity contribution < 1.29 is 13.9 Å². The van der Waals surface area contributed by atoms with Crippen molar-refractivity contribution in [1.82, 2.24) is 4.98 Å². The number of unbranched alkanes of at least 4 members (excludes halogenated alkanes) is 6. The third-order valence-electron chi connectivity index (χ3n) is 3.76. The first-order valence-corrected chi connectivity index (χ1v) is 8.29. The van der Waals surface area contributed by atoms with Gasteiger partial charge in [-0.1, -0.05) is 45.4 Å². The number of aromatic nitrogens is 1. The van der Waals surface area contributed by atoms with Gasteiger partial charge in [-0.15, -0.1) is 0 Å². The predicted molar refractivity (Wildman–Crippen MR) is 88.5 cm³/mol. The number of hydrogen-bond acceptors (Lipinski definition) is 5. The molecule has 0 bridgehead atoms. The van der Waals surface area contributed by atoms with Crippen LogP contribution in [0.1, 0.15) is 58.3 Å². The molecule has 2 rings (SSSR count). The van der Waals surface area contributed by atoms with Crippen LogP contribution < -0.4 is 10.4 Å². The predicted octanol–water partition coefficient (Wildman–Crippen LogP) is 4.23. The summed E-state index contributed by atoms with van der Waals surface area (Å²) >= 11 is 0. The number of hydrogen-bond donors (Lipinski definition) is 0. The van der Waals surface area contributed by atoms with Crippen molar-refractivity contribution in [1.29, 1.82) is 0 Å². The van der Waals surface area contributed by atoms with Gasteiger partial charge >= 0.3 is 11.6 Å². The largest absolute Gasteiger partial charge is 0.426 e. The van der Waals surface area contributed by atoms with Crippen LogP contribution in [0.4, 0.5) is 0 Å². The molecule has 124 valence electrons. The fourth-order valence-corrected chi connectivity index (χ4v) is 2.46. The van der Waals surface area contributed by atoms with Gasteiger partial charge < -0.3 is 9.15 Å². The van der Waals surface area contributed by atoms with Gasteiger partial charge in [0.25, 0.3) is 0 Å². The summed E-state index contributed by atoms with van der Waals surface area (Å²) in [6.07, 6.45) is 9.62. The van der Waals surface area contributed by atoms with Crippen LogP contribution in [0.2, 0.25) is 0 Å². The molecule has 1 heterocycles. The third-order valence-corrected chi connectivity index (χ3v) is 3.76. The maximum Gasteiger partial charge on any atom is 0.346 e. The second kappa shape index (κ2) is 9.08. The molecule has 1 aromatic heterocycles. The van der Waals surface area contributed by atoms with Crippen molar-refractivity contribution >= 4 is 16.9 Å². The standard InChI is InChI=1S/C18H23NO4/c1-2-3-4-5-6-7-8-9-17(20)23-14-10-11-15-16(12-14)19-13-22-18(15)21/h10-13H,2-9H2,1H3. The minimum absolute atomic E-state index is 0.249. The Hall–Kier alpha value is -2.17. The molecule has 2 aromatic rings. The van der Waals surface area contributed by atoms with Crippen molar-refractivity contribution in [2.75, 3.05) is 0 Å². The first-order chi connectivity index (χ1) is 11.2. The van der Waals surface area contributed by atoms with Gasteiger partial charge in [0.05, 0.1) is 10.9 Å². The molecule has 5 nitrogen and oxygen atoms in total. The highest BCUT2D eigenvalue weighted by molar-refractivity contribution is 5.80. The van der Waals surface area contributed by atoms with E-state index in [4.69, 9.17) is 4.74 Å². The normalized spacial score (nSPS) is 10.8. The van der Waals surface area contributed by atoms with Crippen molar-refractivity contribution in [3.05, 3.63) is 35.0 Å². The molecule has 0 saturated carbocycles. The zero-order valence-corrected chi connectivity index (χ0v) is 13.5. The van der Waals surface area contributed by atoms with Gasteiger partial charge in [-0.05, 0) is 18.6 Å². The summed E-state index contributed by atoms with van der Waals surface area (Å²) in [5.41, 5.74) is 0.0124. The molecule has 1 aromatic carbocycles. The van der Waals surface area contributed by atoms with E-state index >= 15 is 0 Å². The molecule has 23 heavy (non-hydrogen) atoms. The lowest BCUT2D eigenvalue weighted by molar-refractivity contribution is -0.134. The fourth-order valence-electron chi connectivity index (χ4n) is 2.46. The minimum Gasteiger partial charge on any atom is -0.426 e. The summed E-state index contributed by atoms with van der Waals surface area (Å²) < 4.78 is 9.98. The van der Waals surface area contributed by atoms with Crippen LogP contribution in [0.3, 0.4) is 0 Å². The lowest BCUT2D eigenvalue weighted by atomic mass is 10.1. The Morgan fingerprint density at radius 3 is 2.65 bits per heavy atom. The number of carbonyl (C=O) groups excluding carboxylic acids is 1. The summed E-state index contributed by atoms with van der Waals surface area (Å²) in [5.74, 6) is 0.157. The molecule has 0 amide bonds. The maximum absolute atomic E-state index is 11.8. The van der Waals surface area contributed by atoms with Gasteiger partial charge in [-0.3, -0.25) is 4.79 Å². The Bertz CT molecular complexity index is 693. The quantitative estimate of drug-likeness (QED) is 0.393. The minimum atomic E-state index is -0.448. The van der Waals surface area contributed by atoms with E-state index in [2.05, 4.69) is 16.3 Å². The van der Waals surface area contributed by atoms with E-state index in [1.807, 2.05) is 0 Å². The molecule has 0 aliphatic rings. The van der Waals surface area contributed by atoms with Crippen molar-refractivity contribution in [3.63, 3.8) is 0 Å². The molecule has 0 radical (unpaired) electrons. The number of nitrogens with zero attached hydrogens (tertiary/aromatic N) is 1. The molecule has 0 N–H and O–H groups in total. The Labute approximate surface area is 135 Å². The van der Waals surface area contributed by atoms with Crippen molar-refractivity contribution in [2.24, 2.45) is 0 Å². The summed E-state index contributed by atoms with van der Waals surface area (Å²) in [5, 5.41) is 0.374. The number of fused-ring (bicyclic) bond motifs is 1. The summed E-state index contributed by atoms with van der Waals surface area (Å²) in [6, 6.07) is 4.73. The lowest BCUT2D eigenvalue weighted by Crippen LogP contribution is -2.08. The monoisotopic (exact) mass is 317 g/mol. The number of esters is 1. The highest BCUT2D eigenvalue weighted by Crippen LogP contribution is 2.17. The SMILES string of the molecule is CCCCCCCCCC(=O)Oc1ccc2c(=O)ocnc2c1. The van der Waals surface area contributed by atoms with Gasteiger partial charge in [0, 0.05) is 12.5 Å². The van der Waals surface area contributed by atoms with Crippen LogP contribution in [-0.2, 0) is 4.79 Å². The Morgan fingerprint density at radius 2 is 1.87 bits per heavy atom. The smallest absolute Gasteiger partial charge is 0.346 e. The van der Waals surface area contributed by atoms with E-state index in [0.29, 0.717) is 23.1 Å². The van der Waals surface area contributed by atoms with Crippen LogP contribution in [0, 0.1) is 0 Å². The van der Waals surface area contributed by atoms with E-state index in [1.165, 1.54) is 32.1 Å². The molecule has 0 aliphatic carbocycles. The molecule has 0 atom stereocenters. The molecule has 0 spiro atoms. The van der Waals surface area contributed by atoms with E-state index in [1.54, 1.807) is 18.2 Å². The van der Waals surface area contributed by atoms with Gasteiger partial charge in [-0.25, -0.2) is 9.78 Å². The zero-order chi connectivity index (χ0) is 16.5. The molecule has 0 fully saturated rings. The Morgan fingerprint density at radius 1 is 1.13 bits per heavy atom. The molecular formula is C18H23NO4. The van der Waals surface area contributed by atoms with Gasteiger partial charge in [-0.2, -0.15) is 0 Å². The molecular weight excluding hydrogens is 294 g/mol. The first kappa shape index (κ1) is 17.2. The molecule has 0 aliphatic heterocycles. The molecule has 0 saturated heterocycles. The van der Waals surface area contributed by atoms with Crippen LogP contribution in [-0.4, -0.2) is 11.0 Å². The van der Waals surface area contributed by atoms with Crippen LogP contribution in [0.15, 0.2) is 33.8 Å². The highest BCUT2D eigenvalue weighted by Gasteiger charge is 2.07. The summed E-state index contributed by atoms with van der Waals surface area (Å²) in [6.45, 7) is 2.20. The van der Waals surface area contributed by atoms with E-state index in [9.17, 15) is 9.59 Å². The van der Waals surface area contributed by atoms with Crippen LogP contribution in [0.25, 0.3) is 10.9 Å². The van der Waals surface area contributed by atoms with Gasteiger partial charge in [0.1, 0.15) is 5.75 Å². The highest BCUT2D eigenvalue weighted by atomic mass is 16.5. The van der Waals surface area contributed by atoms with E-state index in [0.717, 1.165) is 19.2 Å². The summed E-state index contributed by atoms with van der Waals surface area (Å²) in [4.78, 5) is 27.3. The Kier molecular flexibility index (Phi) is 6.78. The Balaban J connectivity index is 1.76. The van der Waals surface area contributed by atoms with E-state index in [-0.39, 0.29) is 5.97 Å². The zero-order valence-electron chi connectivity index (χ0n) is 13.5. The van der Waals surface area contributed by atoms with Gasteiger partial charge in [0.2, 0.25) is 0 Å². The molecule has 0 unspecified atom stereocenters. The second-order valence-electron chi connectivity index (χ2n) is 5.66. The third kappa shape index (κ3) is 5.51. The second-order valence-corrected chi connectivity index (χ2v) is 5.66.